The zero-order chi connectivity index (χ0) is 15.6. The van der Waals surface area contributed by atoms with Crippen molar-refractivity contribution in [2.45, 2.75) is 23.8 Å². The molecule has 0 unspecified atom stereocenters. The Morgan fingerprint density at radius 2 is 2.00 bits per heavy atom. The fraction of sp³-hybridized carbons (Fsp3) is 0.500. The fourth-order valence-corrected chi connectivity index (χ4v) is 3.91. The lowest BCUT2D eigenvalue weighted by Crippen LogP contribution is -2.44. The predicted molar refractivity (Wildman–Crippen MR) is 76.6 cm³/mol. The van der Waals surface area contributed by atoms with Crippen molar-refractivity contribution in [3.05, 3.63) is 29.6 Å². The van der Waals surface area contributed by atoms with E-state index >= 15 is 0 Å². The van der Waals surface area contributed by atoms with Gasteiger partial charge in [-0.05, 0) is 51.2 Å². The van der Waals surface area contributed by atoms with Gasteiger partial charge in [0.05, 0.1) is 10.5 Å². The van der Waals surface area contributed by atoms with Gasteiger partial charge in [0.25, 0.3) is 0 Å². The van der Waals surface area contributed by atoms with Gasteiger partial charge in [-0.1, -0.05) is 0 Å². The summed E-state index contributed by atoms with van der Waals surface area (Å²) in [4.78, 5) is 2.12. The molecule has 0 amide bonds. The van der Waals surface area contributed by atoms with E-state index in [-0.39, 0.29) is 16.5 Å². The summed E-state index contributed by atoms with van der Waals surface area (Å²) >= 11 is 0. The van der Waals surface area contributed by atoms with Crippen molar-refractivity contribution in [2.24, 2.45) is 0 Å². The third kappa shape index (κ3) is 3.23. The lowest BCUT2D eigenvalue weighted by atomic mass is 10.1. The smallest absolute Gasteiger partial charge is 0.243 e. The minimum Gasteiger partial charge on any atom is -0.306 e. The standard InChI is InChI=1S/C14H18FN3O2S/c1-17-7-5-12(6-8-17)18(2)21(19,20)13-3-4-14(15)11(9-13)10-16/h3-4,9,12H,5-8H2,1-2H3. The van der Waals surface area contributed by atoms with Gasteiger partial charge in [0.1, 0.15) is 11.9 Å². The molecular weight excluding hydrogens is 293 g/mol. The van der Waals surface area contributed by atoms with Crippen molar-refractivity contribution in [3.8, 4) is 6.07 Å². The highest BCUT2D eigenvalue weighted by atomic mass is 32.2. The number of nitrogens with zero attached hydrogens (tertiary/aromatic N) is 3. The largest absolute Gasteiger partial charge is 0.306 e. The summed E-state index contributed by atoms with van der Waals surface area (Å²) in [6, 6.07) is 4.92. The molecular formula is C14H18FN3O2S. The number of benzene rings is 1. The van der Waals surface area contributed by atoms with Gasteiger partial charge in [-0.15, -0.1) is 0 Å². The van der Waals surface area contributed by atoms with E-state index in [0.717, 1.165) is 38.1 Å². The number of halogens is 1. The van der Waals surface area contributed by atoms with Gasteiger partial charge in [-0.3, -0.25) is 0 Å². The molecule has 0 radical (unpaired) electrons. The second kappa shape index (κ2) is 6.10. The van der Waals surface area contributed by atoms with Gasteiger partial charge in [0.15, 0.2) is 0 Å². The second-order valence-corrected chi connectivity index (χ2v) is 7.31. The molecule has 114 valence electrons. The quantitative estimate of drug-likeness (QED) is 0.847. The minimum absolute atomic E-state index is 0.0399. The van der Waals surface area contributed by atoms with E-state index < -0.39 is 15.8 Å². The molecule has 0 bridgehead atoms. The Bertz CT molecular complexity index is 661. The van der Waals surface area contributed by atoms with Crippen LogP contribution in [-0.4, -0.2) is 50.8 Å². The molecule has 1 aliphatic rings. The molecule has 2 rings (SSSR count). The summed E-state index contributed by atoms with van der Waals surface area (Å²) in [7, 11) is -0.162. The highest BCUT2D eigenvalue weighted by molar-refractivity contribution is 7.89. The van der Waals surface area contributed by atoms with E-state index in [1.807, 2.05) is 7.05 Å². The molecule has 21 heavy (non-hydrogen) atoms. The lowest BCUT2D eigenvalue weighted by Gasteiger charge is -2.34. The number of hydrogen-bond donors (Lipinski definition) is 0. The first-order valence-electron chi connectivity index (χ1n) is 6.72. The lowest BCUT2D eigenvalue weighted by molar-refractivity contribution is 0.197. The topological polar surface area (TPSA) is 64.4 Å². The molecule has 1 heterocycles. The Hall–Kier alpha value is -1.49. The van der Waals surface area contributed by atoms with Crippen LogP contribution < -0.4 is 0 Å². The van der Waals surface area contributed by atoms with Gasteiger partial charge in [-0.25, -0.2) is 12.8 Å². The average Bonchev–Trinajstić information content (AvgIpc) is 2.47. The highest BCUT2D eigenvalue weighted by Crippen LogP contribution is 2.23. The van der Waals surface area contributed by atoms with Crippen LogP contribution in [0, 0.1) is 17.1 Å². The van der Waals surface area contributed by atoms with E-state index in [9.17, 15) is 12.8 Å². The monoisotopic (exact) mass is 311 g/mol. The van der Waals surface area contributed by atoms with E-state index in [2.05, 4.69) is 4.90 Å². The molecule has 1 aromatic carbocycles. The maximum absolute atomic E-state index is 13.3. The number of likely N-dealkylation sites (tertiary alicyclic amines) is 1. The molecule has 7 heteroatoms. The van der Waals surface area contributed by atoms with E-state index in [0.29, 0.717) is 0 Å². The average molecular weight is 311 g/mol. The third-order valence-electron chi connectivity index (χ3n) is 3.94. The zero-order valence-electron chi connectivity index (χ0n) is 12.1. The summed E-state index contributed by atoms with van der Waals surface area (Å²) < 4.78 is 39.8. The van der Waals surface area contributed by atoms with Crippen LogP contribution in [0.15, 0.2) is 23.1 Å². The Kier molecular flexibility index (Phi) is 4.61. The van der Waals surface area contributed by atoms with Gasteiger partial charge in [-0.2, -0.15) is 9.57 Å². The molecule has 1 fully saturated rings. The maximum Gasteiger partial charge on any atom is 0.243 e. The second-order valence-electron chi connectivity index (χ2n) is 5.31. The van der Waals surface area contributed by atoms with Crippen LogP contribution in [0.2, 0.25) is 0 Å². The predicted octanol–water partition coefficient (Wildman–Crippen LogP) is 1.41. The Labute approximate surface area is 124 Å². The van der Waals surface area contributed by atoms with Crippen LogP contribution in [-0.2, 0) is 10.0 Å². The normalized spacial score (nSPS) is 17.9. The SMILES string of the molecule is CN1CCC(N(C)S(=O)(=O)c2ccc(F)c(C#N)c2)CC1. The molecule has 1 aliphatic heterocycles. The van der Waals surface area contributed by atoms with Crippen molar-refractivity contribution < 1.29 is 12.8 Å². The number of sulfonamides is 1. The van der Waals surface area contributed by atoms with Gasteiger partial charge in [0, 0.05) is 13.1 Å². The fourth-order valence-electron chi connectivity index (χ4n) is 2.47. The van der Waals surface area contributed by atoms with E-state index in [4.69, 9.17) is 5.26 Å². The zero-order valence-corrected chi connectivity index (χ0v) is 12.9. The van der Waals surface area contributed by atoms with Crippen LogP contribution in [0.5, 0.6) is 0 Å². The van der Waals surface area contributed by atoms with Crippen LogP contribution in [0.3, 0.4) is 0 Å². The third-order valence-corrected chi connectivity index (χ3v) is 5.84. The molecule has 0 spiro atoms. The van der Waals surface area contributed by atoms with Gasteiger partial charge in [0.2, 0.25) is 10.0 Å². The van der Waals surface area contributed by atoms with Crippen LogP contribution in [0.1, 0.15) is 18.4 Å². The maximum atomic E-state index is 13.3. The highest BCUT2D eigenvalue weighted by Gasteiger charge is 2.30. The molecule has 5 nitrogen and oxygen atoms in total. The van der Waals surface area contributed by atoms with Crippen LogP contribution in [0.4, 0.5) is 4.39 Å². The molecule has 1 saturated heterocycles. The summed E-state index contributed by atoms with van der Waals surface area (Å²) in [6.45, 7) is 1.69. The van der Waals surface area contributed by atoms with Crippen molar-refractivity contribution in [1.82, 2.24) is 9.21 Å². The molecule has 0 aromatic heterocycles. The molecule has 0 atom stereocenters. The first-order valence-corrected chi connectivity index (χ1v) is 8.16. The first-order chi connectivity index (χ1) is 9.86. The minimum atomic E-state index is -3.71. The summed E-state index contributed by atoms with van der Waals surface area (Å²) in [6.07, 6.45) is 1.52. The van der Waals surface area contributed by atoms with E-state index in [1.54, 1.807) is 13.1 Å². The summed E-state index contributed by atoms with van der Waals surface area (Å²) in [5.74, 6) is -0.710. The summed E-state index contributed by atoms with van der Waals surface area (Å²) in [5, 5.41) is 8.82. The molecule has 0 saturated carbocycles. The number of hydrogen-bond acceptors (Lipinski definition) is 4. The molecule has 1 aromatic rings. The van der Waals surface area contributed by atoms with Gasteiger partial charge < -0.3 is 4.90 Å². The Morgan fingerprint density at radius 3 is 2.57 bits per heavy atom. The molecule has 0 aliphatic carbocycles. The Balaban J connectivity index is 2.27. The van der Waals surface area contributed by atoms with Crippen LogP contribution >= 0.6 is 0 Å². The number of nitriles is 1. The Morgan fingerprint density at radius 1 is 1.38 bits per heavy atom. The van der Waals surface area contributed by atoms with Crippen LogP contribution in [0.25, 0.3) is 0 Å². The number of rotatable bonds is 3. The van der Waals surface area contributed by atoms with Crippen molar-refractivity contribution in [2.75, 3.05) is 27.2 Å². The van der Waals surface area contributed by atoms with Crippen molar-refractivity contribution in [1.29, 1.82) is 5.26 Å². The first kappa shape index (κ1) is 15.9. The van der Waals surface area contributed by atoms with E-state index in [1.165, 1.54) is 10.4 Å². The number of piperidine rings is 1. The van der Waals surface area contributed by atoms with Crippen molar-refractivity contribution >= 4 is 10.0 Å². The molecule has 0 N–H and O–H groups in total. The summed E-state index contributed by atoms with van der Waals surface area (Å²) in [5.41, 5.74) is -0.257. The van der Waals surface area contributed by atoms with Crippen molar-refractivity contribution in [3.63, 3.8) is 0 Å². The van der Waals surface area contributed by atoms with Gasteiger partial charge >= 0.3 is 0 Å².